The van der Waals surface area contributed by atoms with Gasteiger partial charge in [0.05, 0.1) is 11.7 Å². The van der Waals surface area contributed by atoms with E-state index in [2.05, 4.69) is 0 Å². The molecule has 1 heterocycles. The third-order valence-electron chi connectivity index (χ3n) is 3.01. The molecule has 1 aliphatic rings. The predicted molar refractivity (Wildman–Crippen MR) is 69.9 cm³/mol. The van der Waals surface area contributed by atoms with Gasteiger partial charge in [0.25, 0.3) is 0 Å². The van der Waals surface area contributed by atoms with E-state index >= 15 is 0 Å². The number of hydrogen-bond acceptors (Lipinski definition) is 4. The molecule has 0 amide bonds. The number of hydrogen-bond donors (Lipinski definition) is 2. The van der Waals surface area contributed by atoms with E-state index in [-0.39, 0.29) is 6.61 Å². The summed E-state index contributed by atoms with van der Waals surface area (Å²) in [5, 5.41) is 19.5. The number of aliphatic hydroxyl groups is 1. The fourth-order valence-electron chi connectivity index (χ4n) is 2.14. The van der Waals surface area contributed by atoms with E-state index in [0.29, 0.717) is 23.2 Å². The lowest BCUT2D eigenvalue weighted by atomic mass is 9.78. The lowest BCUT2D eigenvalue weighted by Crippen LogP contribution is -2.34. The quantitative estimate of drug-likeness (QED) is 0.804. The standard InChI is InChI=1S/C13H18BFO4/c1-4-9-11-8(15)5-6-10(12(11)14(17)19-9)18-7-13(2,3)16/h5-6,9,16-17H,4,7H2,1-3H3/t9-/m1/s1. The predicted octanol–water partition coefficient (Wildman–Crippen LogP) is 1.14. The fourth-order valence-corrected chi connectivity index (χ4v) is 2.14. The third-order valence-corrected chi connectivity index (χ3v) is 3.01. The van der Waals surface area contributed by atoms with Gasteiger partial charge in [-0.1, -0.05) is 6.92 Å². The smallest absolute Gasteiger partial charge is 0.491 e. The minimum atomic E-state index is -1.19. The Hall–Kier alpha value is -1.11. The molecule has 0 saturated carbocycles. The van der Waals surface area contributed by atoms with Crippen LogP contribution in [0.25, 0.3) is 0 Å². The van der Waals surface area contributed by atoms with E-state index in [9.17, 15) is 14.5 Å². The maximum absolute atomic E-state index is 13.9. The van der Waals surface area contributed by atoms with Crippen LogP contribution in [-0.4, -0.2) is 29.5 Å². The molecular formula is C13H18BFO4. The van der Waals surface area contributed by atoms with Gasteiger partial charge in [0, 0.05) is 11.0 Å². The zero-order valence-electron chi connectivity index (χ0n) is 11.3. The molecule has 4 nitrogen and oxygen atoms in total. The number of fused-ring (bicyclic) bond motifs is 1. The minimum Gasteiger partial charge on any atom is -0.491 e. The third kappa shape index (κ3) is 2.91. The van der Waals surface area contributed by atoms with E-state index in [1.165, 1.54) is 12.1 Å². The lowest BCUT2D eigenvalue weighted by Gasteiger charge is -2.19. The van der Waals surface area contributed by atoms with Crippen LogP contribution in [0.2, 0.25) is 0 Å². The van der Waals surface area contributed by atoms with Crippen LogP contribution in [0.3, 0.4) is 0 Å². The Morgan fingerprint density at radius 3 is 2.74 bits per heavy atom. The fraction of sp³-hybridized carbons (Fsp3) is 0.538. The van der Waals surface area contributed by atoms with E-state index in [1.807, 2.05) is 6.92 Å². The summed E-state index contributed by atoms with van der Waals surface area (Å²) in [6.45, 7) is 5.13. The molecule has 0 spiro atoms. The Morgan fingerprint density at radius 2 is 2.16 bits per heavy atom. The van der Waals surface area contributed by atoms with Crippen molar-refractivity contribution in [2.75, 3.05) is 6.61 Å². The Morgan fingerprint density at radius 1 is 1.47 bits per heavy atom. The Bertz CT molecular complexity index is 472. The summed E-state index contributed by atoms with van der Waals surface area (Å²) in [5.74, 6) is -0.0593. The highest BCUT2D eigenvalue weighted by Crippen LogP contribution is 2.32. The average molecular weight is 268 g/mol. The van der Waals surface area contributed by atoms with Crippen molar-refractivity contribution >= 4 is 12.6 Å². The van der Waals surface area contributed by atoms with Crippen molar-refractivity contribution in [1.29, 1.82) is 0 Å². The molecule has 0 bridgehead atoms. The molecule has 104 valence electrons. The molecule has 19 heavy (non-hydrogen) atoms. The summed E-state index contributed by atoms with van der Waals surface area (Å²) in [5.41, 5.74) is -0.324. The molecule has 1 aliphatic heterocycles. The van der Waals surface area contributed by atoms with Crippen LogP contribution in [0, 0.1) is 5.82 Å². The first-order chi connectivity index (χ1) is 8.83. The molecule has 0 unspecified atom stereocenters. The molecular weight excluding hydrogens is 250 g/mol. The molecule has 0 radical (unpaired) electrons. The van der Waals surface area contributed by atoms with Gasteiger partial charge < -0.3 is 19.5 Å². The van der Waals surface area contributed by atoms with Crippen LogP contribution in [0.1, 0.15) is 38.9 Å². The summed E-state index contributed by atoms with van der Waals surface area (Å²) < 4.78 is 24.6. The molecule has 0 aliphatic carbocycles. The van der Waals surface area contributed by atoms with Crippen LogP contribution < -0.4 is 10.2 Å². The SMILES string of the molecule is CC[C@H]1OB(O)c2c(OCC(C)(C)O)ccc(F)c21. The summed E-state index contributed by atoms with van der Waals surface area (Å²) in [6.07, 6.45) is 0.103. The van der Waals surface area contributed by atoms with Crippen LogP contribution >= 0.6 is 0 Å². The molecule has 1 aromatic carbocycles. The van der Waals surface area contributed by atoms with Crippen LogP contribution in [0.15, 0.2) is 12.1 Å². The van der Waals surface area contributed by atoms with Crippen molar-refractivity contribution in [3.8, 4) is 5.75 Å². The lowest BCUT2D eigenvalue weighted by molar-refractivity contribution is 0.0288. The van der Waals surface area contributed by atoms with Crippen LogP contribution in [-0.2, 0) is 4.65 Å². The highest BCUT2D eigenvalue weighted by Gasteiger charge is 2.39. The van der Waals surface area contributed by atoms with Crippen molar-refractivity contribution < 1.29 is 23.9 Å². The normalized spacial score (nSPS) is 18.6. The topological polar surface area (TPSA) is 58.9 Å². The first-order valence-corrected chi connectivity index (χ1v) is 6.34. The molecule has 0 aromatic heterocycles. The molecule has 0 fully saturated rings. The summed E-state index contributed by atoms with van der Waals surface area (Å²) in [7, 11) is -1.19. The van der Waals surface area contributed by atoms with E-state index in [0.717, 1.165) is 0 Å². The van der Waals surface area contributed by atoms with Crippen molar-refractivity contribution in [3.05, 3.63) is 23.5 Å². The van der Waals surface area contributed by atoms with E-state index in [1.54, 1.807) is 13.8 Å². The second-order valence-corrected chi connectivity index (χ2v) is 5.36. The van der Waals surface area contributed by atoms with E-state index in [4.69, 9.17) is 9.39 Å². The van der Waals surface area contributed by atoms with Crippen molar-refractivity contribution in [1.82, 2.24) is 0 Å². The van der Waals surface area contributed by atoms with Gasteiger partial charge in [0.15, 0.2) is 0 Å². The highest BCUT2D eigenvalue weighted by atomic mass is 19.1. The van der Waals surface area contributed by atoms with Gasteiger partial charge in [0.1, 0.15) is 18.2 Å². The minimum absolute atomic E-state index is 0.0502. The molecule has 6 heteroatoms. The van der Waals surface area contributed by atoms with Crippen LogP contribution in [0.5, 0.6) is 5.75 Å². The summed E-state index contributed by atoms with van der Waals surface area (Å²) >= 11 is 0. The Labute approximate surface area is 112 Å². The number of rotatable bonds is 4. The van der Waals surface area contributed by atoms with Gasteiger partial charge in [-0.25, -0.2) is 4.39 Å². The van der Waals surface area contributed by atoms with Gasteiger partial charge in [-0.05, 0) is 32.4 Å². The van der Waals surface area contributed by atoms with Crippen molar-refractivity contribution in [2.45, 2.75) is 38.9 Å². The Balaban J connectivity index is 2.35. The zero-order chi connectivity index (χ0) is 14.2. The first-order valence-electron chi connectivity index (χ1n) is 6.34. The molecule has 2 rings (SSSR count). The second kappa shape index (κ2) is 5.11. The number of ether oxygens (including phenoxy) is 1. The van der Waals surface area contributed by atoms with Crippen LogP contribution in [0.4, 0.5) is 4.39 Å². The summed E-state index contributed by atoms with van der Waals surface area (Å²) in [6, 6.07) is 2.74. The van der Waals surface area contributed by atoms with Gasteiger partial charge in [-0.15, -0.1) is 0 Å². The Kier molecular flexibility index (Phi) is 3.85. The van der Waals surface area contributed by atoms with Gasteiger partial charge >= 0.3 is 7.12 Å². The van der Waals surface area contributed by atoms with Gasteiger partial charge in [0.2, 0.25) is 0 Å². The highest BCUT2D eigenvalue weighted by molar-refractivity contribution is 6.62. The largest absolute Gasteiger partial charge is 0.495 e. The molecule has 1 atom stereocenters. The van der Waals surface area contributed by atoms with Gasteiger partial charge in [-0.2, -0.15) is 0 Å². The molecule has 0 saturated heterocycles. The maximum Gasteiger partial charge on any atom is 0.495 e. The first kappa shape index (κ1) is 14.3. The van der Waals surface area contributed by atoms with Crippen molar-refractivity contribution in [3.63, 3.8) is 0 Å². The molecule has 2 N–H and O–H groups in total. The monoisotopic (exact) mass is 268 g/mol. The van der Waals surface area contributed by atoms with Crippen molar-refractivity contribution in [2.24, 2.45) is 0 Å². The second-order valence-electron chi connectivity index (χ2n) is 5.36. The zero-order valence-corrected chi connectivity index (χ0v) is 11.3. The van der Waals surface area contributed by atoms with Gasteiger partial charge in [-0.3, -0.25) is 0 Å². The maximum atomic E-state index is 13.9. The summed E-state index contributed by atoms with van der Waals surface area (Å²) in [4.78, 5) is 0. The average Bonchev–Trinajstić information content (AvgIpc) is 2.66. The van der Waals surface area contributed by atoms with E-state index < -0.39 is 24.6 Å². The number of halogens is 1. The number of benzene rings is 1. The molecule has 1 aromatic rings.